The van der Waals surface area contributed by atoms with Crippen LogP contribution in [0.1, 0.15) is 12.0 Å². The minimum absolute atomic E-state index is 0.284. The van der Waals surface area contributed by atoms with Gasteiger partial charge in [-0.3, -0.25) is 0 Å². The van der Waals surface area contributed by atoms with E-state index in [0.29, 0.717) is 36.7 Å². The van der Waals surface area contributed by atoms with Gasteiger partial charge in [0.2, 0.25) is 0 Å². The van der Waals surface area contributed by atoms with Gasteiger partial charge in [0.1, 0.15) is 23.4 Å². The molecule has 0 spiro atoms. The number of nitrogens with zero attached hydrogens (tertiary/aromatic N) is 1. The van der Waals surface area contributed by atoms with E-state index in [1.807, 2.05) is 6.07 Å². The third kappa shape index (κ3) is 3.99. The fourth-order valence-corrected chi connectivity index (χ4v) is 1.65. The Kier molecular flexibility index (Phi) is 4.96. The van der Waals surface area contributed by atoms with Crippen LogP contribution in [-0.2, 0) is 0 Å². The van der Waals surface area contributed by atoms with Crippen LogP contribution in [0.25, 0.3) is 0 Å². The van der Waals surface area contributed by atoms with E-state index in [9.17, 15) is 4.39 Å². The Morgan fingerprint density at radius 3 is 2.40 bits per heavy atom. The molecule has 0 aromatic heterocycles. The Morgan fingerprint density at radius 1 is 0.950 bits per heavy atom. The third-order valence-corrected chi connectivity index (χ3v) is 2.64. The SMILES string of the molecule is N#Cc1ccccc1OCCCOc1ccc(F)cc1. The van der Waals surface area contributed by atoms with Crippen LogP contribution < -0.4 is 9.47 Å². The molecule has 0 aliphatic rings. The van der Waals surface area contributed by atoms with Crippen molar-refractivity contribution in [3.63, 3.8) is 0 Å². The second-order valence-electron chi connectivity index (χ2n) is 4.11. The number of rotatable bonds is 6. The molecule has 2 aromatic carbocycles. The fourth-order valence-electron chi connectivity index (χ4n) is 1.65. The molecule has 0 saturated heterocycles. The number of ether oxygens (including phenoxy) is 2. The Labute approximate surface area is 117 Å². The Bertz CT molecular complexity index is 590. The van der Waals surface area contributed by atoms with Gasteiger partial charge >= 0.3 is 0 Å². The van der Waals surface area contributed by atoms with Crippen LogP contribution in [-0.4, -0.2) is 13.2 Å². The van der Waals surface area contributed by atoms with Crippen molar-refractivity contribution < 1.29 is 13.9 Å². The molecule has 0 N–H and O–H groups in total. The summed E-state index contributed by atoms with van der Waals surface area (Å²) in [6.45, 7) is 0.931. The summed E-state index contributed by atoms with van der Waals surface area (Å²) in [6.07, 6.45) is 0.678. The van der Waals surface area contributed by atoms with Gasteiger partial charge in [-0.15, -0.1) is 0 Å². The fraction of sp³-hybridized carbons (Fsp3) is 0.188. The van der Waals surface area contributed by atoms with Crippen LogP contribution in [0.4, 0.5) is 4.39 Å². The zero-order valence-electron chi connectivity index (χ0n) is 10.9. The molecule has 0 aliphatic carbocycles. The third-order valence-electron chi connectivity index (χ3n) is 2.64. The second kappa shape index (κ2) is 7.15. The lowest BCUT2D eigenvalue weighted by Gasteiger charge is -2.08. The number of para-hydroxylation sites is 1. The van der Waals surface area contributed by atoms with E-state index in [-0.39, 0.29) is 5.82 Å². The molecule has 0 atom stereocenters. The van der Waals surface area contributed by atoms with Gasteiger partial charge in [0, 0.05) is 6.42 Å². The van der Waals surface area contributed by atoms with E-state index >= 15 is 0 Å². The first-order valence-electron chi connectivity index (χ1n) is 6.30. The average Bonchev–Trinajstić information content (AvgIpc) is 2.49. The van der Waals surface area contributed by atoms with E-state index in [1.165, 1.54) is 12.1 Å². The topological polar surface area (TPSA) is 42.2 Å². The van der Waals surface area contributed by atoms with Crippen molar-refractivity contribution in [2.24, 2.45) is 0 Å². The molecule has 0 amide bonds. The number of halogens is 1. The maximum atomic E-state index is 12.7. The highest BCUT2D eigenvalue weighted by Crippen LogP contribution is 2.16. The summed E-state index contributed by atoms with van der Waals surface area (Å²) in [4.78, 5) is 0. The normalized spacial score (nSPS) is 9.80. The zero-order chi connectivity index (χ0) is 14.2. The molecule has 0 saturated carbocycles. The molecular weight excluding hydrogens is 257 g/mol. The lowest BCUT2D eigenvalue weighted by Crippen LogP contribution is -2.05. The molecule has 2 aromatic rings. The Balaban J connectivity index is 1.72. The minimum Gasteiger partial charge on any atom is -0.493 e. The highest BCUT2D eigenvalue weighted by Gasteiger charge is 2.01. The van der Waals surface area contributed by atoms with E-state index < -0.39 is 0 Å². The summed E-state index contributed by atoms with van der Waals surface area (Å²) < 4.78 is 23.7. The average molecular weight is 271 g/mol. The second-order valence-corrected chi connectivity index (χ2v) is 4.11. The molecule has 3 nitrogen and oxygen atoms in total. The summed E-state index contributed by atoms with van der Waals surface area (Å²) in [7, 11) is 0. The lowest BCUT2D eigenvalue weighted by molar-refractivity contribution is 0.247. The first kappa shape index (κ1) is 13.9. The summed E-state index contributed by atoms with van der Waals surface area (Å²) in [5.41, 5.74) is 0.520. The molecule has 0 radical (unpaired) electrons. The van der Waals surface area contributed by atoms with Crippen molar-refractivity contribution in [3.8, 4) is 17.6 Å². The van der Waals surface area contributed by atoms with Crippen LogP contribution in [0.3, 0.4) is 0 Å². The molecular formula is C16H14FNO2. The predicted molar refractivity (Wildman–Crippen MR) is 73.2 cm³/mol. The zero-order valence-corrected chi connectivity index (χ0v) is 10.9. The van der Waals surface area contributed by atoms with Crippen molar-refractivity contribution in [2.45, 2.75) is 6.42 Å². The Hall–Kier alpha value is -2.54. The van der Waals surface area contributed by atoms with Gasteiger partial charge in [-0.25, -0.2) is 4.39 Å². The van der Waals surface area contributed by atoms with Gasteiger partial charge in [-0.05, 0) is 36.4 Å². The standard InChI is InChI=1S/C16H14FNO2/c17-14-6-8-15(9-7-14)19-10-3-11-20-16-5-2-1-4-13(16)12-18/h1-2,4-9H,3,10-11H2. The number of benzene rings is 2. The summed E-state index contributed by atoms with van der Waals surface area (Å²) in [5, 5.41) is 8.91. The van der Waals surface area contributed by atoms with Gasteiger partial charge in [-0.2, -0.15) is 5.26 Å². The smallest absolute Gasteiger partial charge is 0.137 e. The first-order valence-corrected chi connectivity index (χ1v) is 6.30. The number of hydrogen-bond acceptors (Lipinski definition) is 3. The highest BCUT2D eigenvalue weighted by atomic mass is 19.1. The van der Waals surface area contributed by atoms with E-state index in [1.54, 1.807) is 30.3 Å². The maximum Gasteiger partial charge on any atom is 0.137 e. The van der Waals surface area contributed by atoms with Gasteiger partial charge in [0.25, 0.3) is 0 Å². The van der Waals surface area contributed by atoms with Crippen molar-refractivity contribution in [1.82, 2.24) is 0 Å². The van der Waals surface area contributed by atoms with Crippen molar-refractivity contribution in [1.29, 1.82) is 5.26 Å². The molecule has 102 valence electrons. The minimum atomic E-state index is -0.284. The van der Waals surface area contributed by atoms with E-state index in [4.69, 9.17) is 14.7 Å². The maximum absolute atomic E-state index is 12.7. The first-order chi connectivity index (χ1) is 9.79. The quantitative estimate of drug-likeness (QED) is 0.754. The Morgan fingerprint density at radius 2 is 1.65 bits per heavy atom. The van der Waals surface area contributed by atoms with Crippen LogP contribution in [0.5, 0.6) is 11.5 Å². The van der Waals surface area contributed by atoms with Crippen LogP contribution in [0.15, 0.2) is 48.5 Å². The van der Waals surface area contributed by atoms with E-state index in [0.717, 1.165) is 0 Å². The number of nitriles is 1. The molecule has 0 unspecified atom stereocenters. The van der Waals surface area contributed by atoms with Crippen LogP contribution in [0, 0.1) is 17.1 Å². The van der Waals surface area contributed by atoms with Gasteiger partial charge in [-0.1, -0.05) is 12.1 Å². The largest absolute Gasteiger partial charge is 0.493 e. The summed E-state index contributed by atoms with van der Waals surface area (Å²) in [5.74, 6) is 0.925. The number of hydrogen-bond donors (Lipinski definition) is 0. The summed E-state index contributed by atoms with van der Waals surface area (Å²) >= 11 is 0. The molecule has 0 heterocycles. The monoisotopic (exact) mass is 271 g/mol. The molecule has 0 bridgehead atoms. The molecule has 20 heavy (non-hydrogen) atoms. The van der Waals surface area contributed by atoms with Crippen molar-refractivity contribution in [2.75, 3.05) is 13.2 Å². The molecule has 0 aliphatic heterocycles. The highest BCUT2D eigenvalue weighted by molar-refractivity contribution is 5.42. The summed E-state index contributed by atoms with van der Waals surface area (Å²) in [6, 6.07) is 15.1. The van der Waals surface area contributed by atoms with Gasteiger partial charge in [0.15, 0.2) is 0 Å². The van der Waals surface area contributed by atoms with Gasteiger partial charge in [0.05, 0.1) is 18.8 Å². The van der Waals surface area contributed by atoms with Crippen LogP contribution >= 0.6 is 0 Å². The van der Waals surface area contributed by atoms with Gasteiger partial charge < -0.3 is 9.47 Å². The molecule has 2 rings (SSSR count). The van der Waals surface area contributed by atoms with Crippen molar-refractivity contribution >= 4 is 0 Å². The molecule has 4 heteroatoms. The van der Waals surface area contributed by atoms with E-state index in [2.05, 4.69) is 6.07 Å². The van der Waals surface area contributed by atoms with Crippen LogP contribution in [0.2, 0.25) is 0 Å². The molecule has 0 fully saturated rings. The predicted octanol–water partition coefficient (Wildman–Crippen LogP) is 3.55. The lowest BCUT2D eigenvalue weighted by atomic mass is 10.2. The van der Waals surface area contributed by atoms with Crippen molar-refractivity contribution in [3.05, 3.63) is 59.9 Å².